The van der Waals surface area contributed by atoms with Gasteiger partial charge < -0.3 is 10.2 Å². The van der Waals surface area contributed by atoms with Gasteiger partial charge in [-0.2, -0.15) is 0 Å². The van der Waals surface area contributed by atoms with E-state index < -0.39 is 0 Å². The van der Waals surface area contributed by atoms with Crippen molar-refractivity contribution in [2.75, 3.05) is 0 Å². The van der Waals surface area contributed by atoms with Crippen LogP contribution in [0.2, 0.25) is 5.22 Å². The summed E-state index contributed by atoms with van der Waals surface area (Å²) in [6.07, 6.45) is 6.39. The van der Waals surface area contributed by atoms with Crippen LogP contribution < -0.4 is 5.73 Å². The van der Waals surface area contributed by atoms with Gasteiger partial charge in [0.1, 0.15) is 5.76 Å². The molecule has 1 saturated carbocycles. The normalized spacial score (nSPS) is 27.9. The van der Waals surface area contributed by atoms with Crippen molar-refractivity contribution in [1.29, 1.82) is 0 Å². The molecule has 1 aromatic heterocycles. The predicted molar refractivity (Wildman–Crippen MR) is 66.4 cm³/mol. The van der Waals surface area contributed by atoms with Crippen molar-refractivity contribution >= 4 is 11.6 Å². The average molecular weight is 242 g/mol. The maximum atomic E-state index is 6.30. The first kappa shape index (κ1) is 12.0. The van der Waals surface area contributed by atoms with Crippen LogP contribution in [0.4, 0.5) is 0 Å². The summed E-state index contributed by atoms with van der Waals surface area (Å²) in [6, 6.07) is 3.70. The van der Waals surface area contributed by atoms with Gasteiger partial charge in [0.05, 0.1) is 6.04 Å². The highest BCUT2D eigenvalue weighted by molar-refractivity contribution is 6.28. The number of hydrogen-bond donors (Lipinski definition) is 1. The molecular formula is C13H20ClNO. The Labute approximate surface area is 102 Å². The molecule has 2 nitrogen and oxygen atoms in total. The second kappa shape index (κ2) is 5.24. The maximum absolute atomic E-state index is 6.30. The summed E-state index contributed by atoms with van der Waals surface area (Å²) in [5.74, 6) is 2.14. The standard InChI is InChI=1S/C13H20ClNO/c1-2-9-5-3-4-6-10(9)13(15)11-7-8-12(14)16-11/h7-10,13H,2-6,15H2,1H3. The number of rotatable bonds is 3. The lowest BCUT2D eigenvalue weighted by Crippen LogP contribution is -2.30. The quantitative estimate of drug-likeness (QED) is 0.864. The number of nitrogens with two attached hydrogens (primary N) is 1. The topological polar surface area (TPSA) is 39.2 Å². The molecule has 90 valence electrons. The molecule has 0 saturated heterocycles. The van der Waals surface area contributed by atoms with Crippen LogP contribution in [0.25, 0.3) is 0 Å². The van der Waals surface area contributed by atoms with Crippen molar-refractivity contribution < 1.29 is 4.42 Å². The lowest BCUT2D eigenvalue weighted by molar-refractivity contribution is 0.183. The second-order valence-corrected chi connectivity index (χ2v) is 5.16. The van der Waals surface area contributed by atoms with Crippen LogP contribution >= 0.6 is 11.6 Å². The number of furan rings is 1. The fourth-order valence-corrected chi connectivity index (χ4v) is 3.09. The van der Waals surface area contributed by atoms with Crippen LogP contribution in [-0.4, -0.2) is 0 Å². The van der Waals surface area contributed by atoms with Gasteiger partial charge in [-0.05, 0) is 42.0 Å². The summed E-state index contributed by atoms with van der Waals surface area (Å²) in [5.41, 5.74) is 6.30. The number of halogens is 1. The summed E-state index contributed by atoms with van der Waals surface area (Å²) in [7, 11) is 0. The molecule has 0 aromatic carbocycles. The van der Waals surface area contributed by atoms with Gasteiger partial charge in [-0.3, -0.25) is 0 Å². The molecule has 1 aliphatic rings. The molecule has 1 aromatic rings. The van der Waals surface area contributed by atoms with Gasteiger partial charge in [0.25, 0.3) is 0 Å². The first-order chi connectivity index (χ1) is 7.72. The summed E-state index contributed by atoms with van der Waals surface area (Å²) in [4.78, 5) is 0. The zero-order valence-corrected chi connectivity index (χ0v) is 10.5. The Balaban J connectivity index is 2.10. The highest BCUT2D eigenvalue weighted by Crippen LogP contribution is 2.39. The molecule has 1 fully saturated rings. The third-order valence-corrected chi connectivity index (χ3v) is 4.08. The first-order valence-electron chi connectivity index (χ1n) is 6.23. The van der Waals surface area contributed by atoms with Crippen molar-refractivity contribution in [3.63, 3.8) is 0 Å². The van der Waals surface area contributed by atoms with Crippen molar-refractivity contribution in [3.05, 3.63) is 23.1 Å². The Morgan fingerprint density at radius 1 is 1.44 bits per heavy atom. The summed E-state index contributed by atoms with van der Waals surface area (Å²) in [5, 5.41) is 0.439. The van der Waals surface area contributed by atoms with Crippen LogP contribution in [0, 0.1) is 11.8 Å². The predicted octanol–water partition coefficient (Wildman–Crippen LogP) is 4.15. The van der Waals surface area contributed by atoms with Gasteiger partial charge in [0.2, 0.25) is 0 Å². The minimum absolute atomic E-state index is 0.0118. The monoisotopic (exact) mass is 241 g/mol. The molecule has 3 unspecified atom stereocenters. The zero-order valence-electron chi connectivity index (χ0n) is 9.79. The Bertz CT molecular complexity index is 336. The van der Waals surface area contributed by atoms with Crippen LogP contribution in [0.3, 0.4) is 0 Å². The van der Waals surface area contributed by atoms with Crippen LogP contribution in [0.5, 0.6) is 0 Å². The van der Waals surface area contributed by atoms with Crippen molar-refractivity contribution in [2.45, 2.75) is 45.1 Å². The molecule has 3 atom stereocenters. The Morgan fingerprint density at radius 2 is 2.19 bits per heavy atom. The molecule has 2 rings (SSSR count). The molecule has 0 radical (unpaired) electrons. The fraction of sp³-hybridized carbons (Fsp3) is 0.692. The van der Waals surface area contributed by atoms with E-state index in [9.17, 15) is 0 Å². The lowest BCUT2D eigenvalue weighted by atomic mass is 9.74. The third-order valence-electron chi connectivity index (χ3n) is 3.88. The molecule has 0 aliphatic heterocycles. The molecule has 1 heterocycles. The van der Waals surface area contributed by atoms with Crippen molar-refractivity contribution in [1.82, 2.24) is 0 Å². The fourth-order valence-electron chi connectivity index (χ4n) is 2.93. The molecule has 3 heteroatoms. The number of hydrogen-bond acceptors (Lipinski definition) is 2. The zero-order chi connectivity index (χ0) is 11.5. The summed E-state index contributed by atoms with van der Waals surface area (Å²) in [6.45, 7) is 2.25. The van der Waals surface area contributed by atoms with Gasteiger partial charge in [-0.15, -0.1) is 0 Å². The van der Waals surface area contributed by atoms with Crippen molar-refractivity contribution in [2.24, 2.45) is 17.6 Å². The van der Waals surface area contributed by atoms with Gasteiger partial charge >= 0.3 is 0 Å². The van der Waals surface area contributed by atoms with E-state index >= 15 is 0 Å². The molecular weight excluding hydrogens is 222 g/mol. The average Bonchev–Trinajstić information content (AvgIpc) is 2.75. The third kappa shape index (κ3) is 2.44. The summed E-state index contributed by atoms with van der Waals surface area (Å²) < 4.78 is 5.43. The lowest BCUT2D eigenvalue weighted by Gasteiger charge is -2.34. The Kier molecular flexibility index (Phi) is 3.93. The van der Waals surface area contributed by atoms with Crippen LogP contribution in [0.15, 0.2) is 16.5 Å². The van der Waals surface area contributed by atoms with E-state index in [4.69, 9.17) is 21.8 Å². The van der Waals surface area contributed by atoms with Crippen LogP contribution in [-0.2, 0) is 0 Å². The molecule has 0 bridgehead atoms. The molecule has 0 spiro atoms. The molecule has 16 heavy (non-hydrogen) atoms. The van der Waals surface area contributed by atoms with E-state index in [2.05, 4.69) is 6.92 Å². The largest absolute Gasteiger partial charge is 0.448 e. The smallest absolute Gasteiger partial charge is 0.193 e. The molecule has 0 amide bonds. The first-order valence-corrected chi connectivity index (χ1v) is 6.61. The van der Waals surface area contributed by atoms with Gasteiger partial charge in [-0.25, -0.2) is 0 Å². The highest BCUT2D eigenvalue weighted by atomic mass is 35.5. The van der Waals surface area contributed by atoms with E-state index in [1.165, 1.54) is 32.1 Å². The minimum Gasteiger partial charge on any atom is -0.448 e. The van der Waals surface area contributed by atoms with Crippen LogP contribution in [0.1, 0.15) is 50.8 Å². The highest BCUT2D eigenvalue weighted by Gasteiger charge is 2.31. The van der Waals surface area contributed by atoms with Crippen molar-refractivity contribution in [3.8, 4) is 0 Å². The van der Waals surface area contributed by atoms with E-state index in [1.807, 2.05) is 6.07 Å². The molecule has 2 N–H and O–H groups in total. The summed E-state index contributed by atoms with van der Waals surface area (Å²) >= 11 is 5.79. The Hall–Kier alpha value is -0.470. The van der Waals surface area contributed by atoms with Gasteiger partial charge in [0.15, 0.2) is 5.22 Å². The maximum Gasteiger partial charge on any atom is 0.193 e. The SMILES string of the molecule is CCC1CCCCC1C(N)c1ccc(Cl)o1. The Morgan fingerprint density at radius 3 is 2.81 bits per heavy atom. The van der Waals surface area contributed by atoms with E-state index in [1.54, 1.807) is 6.07 Å². The van der Waals surface area contributed by atoms with E-state index in [0.29, 0.717) is 11.1 Å². The van der Waals surface area contributed by atoms with E-state index in [-0.39, 0.29) is 6.04 Å². The van der Waals surface area contributed by atoms with E-state index in [0.717, 1.165) is 11.7 Å². The minimum atomic E-state index is 0.0118. The van der Waals surface area contributed by atoms with Gasteiger partial charge in [-0.1, -0.05) is 32.6 Å². The second-order valence-electron chi connectivity index (χ2n) is 4.78. The molecule has 1 aliphatic carbocycles. The van der Waals surface area contributed by atoms with Gasteiger partial charge in [0, 0.05) is 0 Å².